The van der Waals surface area contributed by atoms with E-state index >= 15 is 0 Å². The van der Waals surface area contributed by atoms with Crippen LogP contribution in [0.1, 0.15) is 90.0 Å². The monoisotopic (exact) mass is 434 g/mol. The van der Waals surface area contributed by atoms with Gasteiger partial charge in [0.1, 0.15) is 0 Å². The summed E-state index contributed by atoms with van der Waals surface area (Å²) in [5.74, 6) is -1.36. The first-order valence-corrected chi connectivity index (χ1v) is 12.2. The first-order chi connectivity index (χ1) is 14.9. The van der Waals surface area contributed by atoms with Crippen LogP contribution in [0.3, 0.4) is 0 Å². The minimum atomic E-state index is -3.34. The van der Waals surface area contributed by atoms with E-state index in [1.807, 2.05) is 18.2 Å². The summed E-state index contributed by atoms with van der Waals surface area (Å²) in [6.45, 7) is 4.33. The topological polar surface area (TPSA) is 9.23 Å². The summed E-state index contributed by atoms with van der Waals surface area (Å²) in [5, 5.41) is 1.46. The lowest BCUT2D eigenvalue weighted by atomic mass is 9.79. The molecule has 0 N–H and O–H groups in total. The third-order valence-electron chi connectivity index (χ3n) is 6.81. The fourth-order valence-corrected chi connectivity index (χ4v) is 4.81. The van der Waals surface area contributed by atoms with Crippen molar-refractivity contribution in [2.24, 2.45) is 11.8 Å². The smallest absolute Gasteiger partial charge is 0.400 e. The highest BCUT2D eigenvalue weighted by Gasteiger charge is 2.44. The molecule has 2 aromatic rings. The Balaban J connectivity index is 1.63. The van der Waals surface area contributed by atoms with Crippen LogP contribution in [-0.2, 0) is 6.42 Å². The third-order valence-corrected chi connectivity index (χ3v) is 6.81. The number of unbranched alkanes of at least 4 members (excludes halogenated alkanes) is 4. The zero-order valence-electron chi connectivity index (χ0n) is 19.1. The van der Waals surface area contributed by atoms with Gasteiger partial charge >= 0.3 is 6.11 Å². The number of ether oxygens (including phenoxy) is 1. The Morgan fingerprint density at radius 1 is 0.871 bits per heavy atom. The molecule has 0 spiro atoms. The van der Waals surface area contributed by atoms with Crippen LogP contribution in [0, 0.1) is 17.7 Å². The molecule has 4 heteroatoms. The van der Waals surface area contributed by atoms with Gasteiger partial charge in [0.15, 0.2) is 11.6 Å². The van der Waals surface area contributed by atoms with Gasteiger partial charge in [0, 0.05) is 0 Å². The fraction of sp³-hybridized carbons (Fsp3) is 0.630. The second-order valence-electron chi connectivity index (χ2n) is 9.30. The fourth-order valence-electron chi connectivity index (χ4n) is 4.81. The van der Waals surface area contributed by atoms with Crippen molar-refractivity contribution in [2.45, 2.75) is 97.0 Å². The van der Waals surface area contributed by atoms with Crippen molar-refractivity contribution in [1.29, 1.82) is 0 Å². The minimum absolute atomic E-state index is 0.346. The van der Waals surface area contributed by atoms with Crippen LogP contribution in [0.5, 0.6) is 5.75 Å². The number of hydrogen-bond donors (Lipinski definition) is 0. The first-order valence-electron chi connectivity index (χ1n) is 12.2. The van der Waals surface area contributed by atoms with Crippen LogP contribution in [0.4, 0.5) is 13.2 Å². The molecular formula is C27H37F3O. The summed E-state index contributed by atoms with van der Waals surface area (Å²) in [4.78, 5) is 0. The molecule has 0 heterocycles. The molecule has 2 aromatic carbocycles. The summed E-state index contributed by atoms with van der Waals surface area (Å²) in [6, 6.07) is 8.58. The highest BCUT2D eigenvalue weighted by atomic mass is 19.3. The van der Waals surface area contributed by atoms with E-state index in [9.17, 15) is 13.2 Å². The Morgan fingerprint density at radius 2 is 1.58 bits per heavy atom. The molecule has 172 valence electrons. The number of alkyl halides is 2. The van der Waals surface area contributed by atoms with Crippen molar-refractivity contribution in [3.05, 3.63) is 41.7 Å². The van der Waals surface area contributed by atoms with Gasteiger partial charge in [-0.3, -0.25) is 0 Å². The van der Waals surface area contributed by atoms with Crippen molar-refractivity contribution in [1.82, 2.24) is 0 Å². The van der Waals surface area contributed by atoms with Crippen molar-refractivity contribution in [3.8, 4) is 5.75 Å². The standard InChI is InChI=1S/C27H37F3O/c1-3-5-7-9-20-12-15-24(16-13-20)27(29,30)31-26-19-22-14-11-21(10-8-6-4-2)17-23(22)18-25(26)28/h11,14,17-20,24H,3-10,12-13,15-16H2,1-2H3. The number of aryl methyl sites for hydroxylation is 1. The molecule has 0 bridgehead atoms. The molecule has 0 amide bonds. The van der Waals surface area contributed by atoms with Gasteiger partial charge in [-0.25, -0.2) is 4.39 Å². The Bertz CT molecular complexity index is 825. The third kappa shape index (κ3) is 6.63. The van der Waals surface area contributed by atoms with Crippen molar-refractivity contribution in [3.63, 3.8) is 0 Å². The summed E-state index contributed by atoms with van der Waals surface area (Å²) in [6.07, 6.45) is 8.23. The van der Waals surface area contributed by atoms with Gasteiger partial charge in [-0.2, -0.15) is 8.78 Å². The van der Waals surface area contributed by atoms with Gasteiger partial charge in [-0.05, 0) is 72.9 Å². The summed E-state index contributed by atoms with van der Waals surface area (Å²) in [5.41, 5.74) is 1.15. The Labute approximate surface area is 185 Å². The molecule has 0 atom stereocenters. The first kappa shape index (κ1) is 23.9. The molecule has 0 aliphatic heterocycles. The molecule has 1 saturated carbocycles. The van der Waals surface area contributed by atoms with Gasteiger partial charge in [0.2, 0.25) is 0 Å². The van der Waals surface area contributed by atoms with Gasteiger partial charge < -0.3 is 4.74 Å². The second-order valence-corrected chi connectivity index (χ2v) is 9.30. The molecule has 1 aliphatic rings. The molecule has 0 radical (unpaired) electrons. The van der Waals surface area contributed by atoms with Gasteiger partial charge in [-0.1, -0.05) is 70.6 Å². The summed E-state index contributed by atoms with van der Waals surface area (Å²) < 4.78 is 49.4. The van der Waals surface area contributed by atoms with E-state index in [4.69, 9.17) is 4.74 Å². The molecule has 0 unspecified atom stereocenters. The van der Waals surface area contributed by atoms with Crippen molar-refractivity contribution in [2.75, 3.05) is 0 Å². The Hall–Kier alpha value is -1.71. The molecule has 31 heavy (non-hydrogen) atoms. The van der Waals surface area contributed by atoms with Gasteiger partial charge in [-0.15, -0.1) is 0 Å². The van der Waals surface area contributed by atoms with E-state index in [0.29, 0.717) is 18.8 Å². The zero-order chi connectivity index (χ0) is 22.3. The second kappa shape index (κ2) is 11.2. The van der Waals surface area contributed by atoms with Crippen LogP contribution >= 0.6 is 0 Å². The van der Waals surface area contributed by atoms with E-state index in [2.05, 4.69) is 13.8 Å². The number of halogens is 3. The van der Waals surface area contributed by atoms with Crippen LogP contribution in [0.25, 0.3) is 10.8 Å². The average Bonchev–Trinajstić information content (AvgIpc) is 2.75. The lowest BCUT2D eigenvalue weighted by Gasteiger charge is -2.33. The maximum atomic E-state index is 14.9. The van der Waals surface area contributed by atoms with E-state index in [1.165, 1.54) is 31.4 Å². The maximum absolute atomic E-state index is 14.9. The van der Waals surface area contributed by atoms with Gasteiger partial charge in [0.05, 0.1) is 5.92 Å². The molecular weight excluding hydrogens is 397 g/mol. The highest BCUT2D eigenvalue weighted by Crippen LogP contribution is 2.42. The lowest BCUT2D eigenvalue weighted by molar-refractivity contribution is -0.224. The van der Waals surface area contributed by atoms with Crippen LogP contribution in [0.2, 0.25) is 0 Å². The number of benzene rings is 2. The molecule has 0 aromatic heterocycles. The molecule has 0 saturated heterocycles. The zero-order valence-corrected chi connectivity index (χ0v) is 19.1. The number of rotatable bonds is 11. The maximum Gasteiger partial charge on any atom is 0.400 e. The highest BCUT2D eigenvalue weighted by molar-refractivity contribution is 5.84. The SMILES string of the molecule is CCCCCc1ccc2cc(OC(F)(F)C3CCC(CCCCC)CC3)c(F)cc2c1. The largest absolute Gasteiger partial charge is 0.429 e. The predicted molar refractivity (Wildman–Crippen MR) is 122 cm³/mol. The van der Waals surface area contributed by atoms with E-state index in [0.717, 1.165) is 61.3 Å². The number of fused-ring (bicyclic) bond motifs is 1. The van der Waals surface area contributed by atoms with E-state index < -0.39 is 17.8 Å². The molecule has 3 rings (SSSR count). The van der Waals surface area contributed by atoms with E-state index in [-0.39, 0.29) is 5.75 Å². The summed E-state index contributed by atoms with van der Waals surface area (Å²) >= 11 is 0. The van der Waals surface area contributed by atoms with E-state index in [1.54, 1.807) is 0 Å². The van der Waals surface area contributed by atoms with Crippen LogP contribution in [-0.4, -0.2) is 6.11 Å². The predicted octanol–water partition coefficient (Wildman–Crippen LogP) is 9.07. The van der Waals surface area contributed by atoms with Crippen LogP contribution < -0.4 is 4.74 Å². The van der Waals surface area contributed by atoms with Crippen molar-refractivity contribution < 1.29 is 17.9 Å². The number of hydrogen-bond acceptors (Lipinski definition) is 1. The normalized spacial score (nSPS) is 19.6. The Morgan fingerprint density at radius 3 is 2.29 bits per heavy atom. The lowest BCUT2D eigenvalue weighted by Crippen LogP contribution is -2.37. The summed E-state index contributed by atoms with van der Waals surface area (Å²) in [7, 11) is 0. The van der Waals surface area contributed by atoms with Crippen molar-refractivity contribution >= 4 is 10.8 Å². The Kier molecular flexibility index (Phi) is 8.68. The molecule has 1 nitrogen and oxygen atoms in total. The van der Waals surface area contributed by atoms with Gasteiger partial charge in [0.25, 0.3) is 0 Å². The minimum Gasteiger partial charge on any atom is -0.429 e. The van der Waals surface area contributed by atoms with Crippen LogP contribution in [0.15, 0.2) is 30.3 Å². The quantitative estimate of drug-likeness (QED) is 0.320. The average molecular weight is 435 g/mol. The molecule has 1 fully saturated rings. The molecule has 1 aliphatic carbocycles.